The monoisotopic (exact) mass is 384 g/mol. The van der Waals surface area contributed by atoms with Crippen molar-refractivity contribution in [3.63, 3.8) is 0 Å². The molecule has 0 atom stereocenters. The number of halogens is 3. The Hall–Kier alpha value is -3.61. The van der Waals surface area contributed by atoms with Gasteiger partial charge in [0.25, 0.3) is 0 Å². The maximum absolute atomic E-state index is 12.2. The van der Waals surface area contributed by atoms with Crippen molar-refractivity contribution in [1.29, 1.82) is 0 Å². The van der Waals surface area contributed by atoms with Gasteiger partial charge in [-0.25, -0.2) is 0 Å². The molecule has 0 aliphatic rings. The van der Waals surface area contributed by atoms with Crippen molar-refractivity contribution in [1.82, 2.24) is 0 Å². The summed E-state index contributed by atoms with van der Waals surface area (Å²) in [4.78, 5) is 0. The summed E-state index contributed by atoms with van der Waals surface area (Å²) in [7, 11) is 0. The fourth-order valence-electron chi connectivity index (χ4n) is 2.33. The molecule has 0 bridgehead atoms. The Labute approximate surface area is 159 Å². The molecule has 0 aliphatic heterocycles. The largest absolute Gasteiger partial charge is 0.854 e. The first kappa shape index (κ1) is 19.2. The van der Waals surface area contributed by atoms with Gasteiger partial charge in [0.1, 0.15) is 5.75 Å². The van der Waals surface area contributed by atoms with Crippen molar-refractivity contribution in [3.05, 3.63) is 95.8 Å². The van der Waals surface area contributed by atoms with Gasteiger partial charge in [0, 0.05) is 12.1 Å². The van der Waals surface area contributed by atoms with E-state index in [-0.39, 0.29) is 11.6 Å². The number of alkyl halides is 3. The van der Waals surface area contributed by atoms with Crippen molar-refractivity contribution in [2.45, 2.75) is 6.36 Å². The molecule has 142 valence electrons. The highest BCUT2D eigenvalue weighted by Crippen LogP contribution is 2.23. The van der Waals surface area contributed by atoms with Crippen molar-refractivity contribution in [3.8, 4) is 5.75 Å². The van der Waals surface area contributed by atoms with Crippen molar-refractivity contribution >= 4 is 18.0 Å². The van der Waals surface area contributed by atoms with Crippen LogP contribution in [0, 0.1) is 0 Å². The van der Waals surface area contributed by atoms with Gasteiger partial charge >= 0.3 is 6.36 Å². The lowest BCUT2D eigenvalue weighted by molar-refractivity contribution is -0.681. The van der Waals surface area contributed by atoms with Gasteiger partial charge < -0.3 is 9.84 Å². The Morgan fingerprint density at radius 3 is 1.93 bits per heavy atom. The van der Waals surface area contributed by atoms with Gasteiger partial charge in [-0.15, -0.1) is 13.2 Å². The van der Waals surface area contributed by atoms with Crippen LogP contribution < -0.4 is 14.5 Å². The van der Waals surface area contributed by atoms with Gasteiger partial charge in [-0.1, -0.05) is 59.3 Å². The molecule has 0 amide bonds. The van der Waals surface area contributed by atoms with Crippen molar-refractivity contribution in [2.75, 3.05) is 0 Å². The molecule has 3 rings (SSSR count). The number of aromatic nitrogens is 1. The lowest BCUT2D eigenvalue weighted by atomic mass is 10.1. The SMILES string of the molecule is [O-]C(=N[n+]1ccccc1)c1ccc(/C=C\c2ccc(OC(F)(F)F)cc2)cc1. The van der Waals surface area contributed by atoms with Crippen molar-refractivity contribution < 1.29 is 27.7 Å². The number of ether oxygens (including phenoxy) is 1. The van der Waals surface area contributed by atoms with Crippen LogP contribution in [0.4, 0.5) is 13.2 Å². The van der Waals surface area contributed by atoms with E-state index in [1.54, 1.807) is 60.9 Å². The highest BCUT2D eigenvalue weighted by molar-refractivity contribution is 5.90. The Kier molecular flexibility index (Phi) is 5.74. The minimum atomic E-state index is -4.71. The average molecular weight is 384 g/mol. The molecule has 0 aliphatic carbocycles. The van der Waals surface area contributed by atoms with Gasteiger partial charge in [0.15, 0.2) is 0 Å². The molecular formula is C21H15F3N2O2. The van der Waals surface area contributed by atoms with Crippen LogP contribution in [0.5, 0.6) is 5.75 Å². The zero-order valence-corrected chi connectivity index (χ0v) is 14.5. The summed E-state index contributed by atoms with van der Waals surface area (Å²) in [5.74, 6) is -0.639. The standard InChI is InChI=1S/C21H15F3N2O2/c22-21(23,24)28-19-12-8-17(9-13-19)5-4-16-6-10-18(11-7-16)20(27)25-26-14-2-1-3-15-26/h1-15H/b5-4-. The van der Waals surface area contributed by atoms with Crippen LogP contribution in [0.3, 0.4) is 0 Å². The molecular weight excluding hydrogens is 369 g/mol. The van der Waals surface area contributed by atoms with Crippen LogP contribution in [-0.2, 0) is 0 Å². The first-order chi connectivity index (χ1) is 13.4. The van der Waals surface area contributed by atoms with E-state index in [9.17, 15) is 18.3 Å². The Bertz CT molecular complexity index is 965. The van der Waals surface area contributed by atoms with E-state index in [0.717, 1.165) is 5.56 Å². The highest BCUT2D eigenvalue weighted by Gasteiger charge is 2.30. The molecule has 0 unspecified atom stereocenters. The first-order valence-corrected chi connectivity index (χ1v) is 8.26. The molecule has 7 heteroatoms. The lowest BCUT2D eigenvalue weighted by Gasteiger charge is -2.08. The van der Waals surface area contributed by atoms with E-state index >= 15 is 0 Å². The quantitative estimate of drug-likeness (QED) is 0.292. The molecule has 0 fully saturated rings. The molecule has 0 saturated carbocycles. The number of nitrogens with zero attached hydrogens (tertiary/aromatic N) is 2. The smallest absolute Gasteiger partial charge is 0.573 e. The highest BCUT2D eigenvalue weighted by atomic mass is 19.4. The molecule has 0 saturated heterocycles. The third-order valence-corrected chi connectivity index (χ3v) is 3.65. The third-order valence-electron chi connectivity index (χ3n) is 3.65. The molecule has 0 spiro atoms. The Morgan fingerprint density at radius 2 is 1.39 bits per heavy atom. The first-order valence-electron chi connectivity index (χ1n) is 8.26. The molecule has 1 aromatic heterocycles. The summed E-state index contributed by atoms with van der Waals surface area (Å²) in [5.41, 5.74) is 1.99. The zero-order chi connectivity index (χ0) is 20.0. The third kappa shape index (κ3) is 5.70. The molecule has 4 nitrogen and oxygen atoms in total. The fourth-order valence-corrected chi connectivity index (χ4v) is 2.33. The zero-order valence-electron chi connectivity index (χ0n) is 14.5. The van der Waals surface area contributed by atoms with Gasteiger partial charge in [-0.3, -0.25) is 0 Å². The number of benzene rings is 2. The maximum Gasteiger partial charge on any atom is 0.573 e. The minimum absolute atomic E-state index is 0.271. The van der Waals surface area contributed by atoms with E-state index in [4.69, 9.17) is 0 Å². The maximum atomic E-state index is 12.2. The van der Waals surface area contributed by atoms with Crippen LogP contribution in [-0.4, -0.2) is 12.3 Å². The predicted molar refractivity (Wildman–Crippen MR) is 97.1 cm³/mol. The number of hydrogen-bond acceptors (Lipinski definition) is 3. The molecule has 0 radical (unpaired) electrons. The number of hydrogen-bond donors (Lipinski definition) is 0. The molecule has 3 aromatic rings. The van der Waals surface area contributed by atoms with Crippen molar-refractivity contribution in [2.24, 2.45) is 5.10 Å². The van der Waals surface area contributed by atoms with Gasteiger partial charge in [-0.05, 0) is 33.9 Å². The molecule has 28 heavy (non-hydrogen) atoms. The van der Waals surface area contributed by atoms with Crippen LogP contribution >= 0.6 is 0 Å². The van der Waals surface area contributed by atoms with E-state index in [0.29, 0.717) is 11.1 Å². The van der Waals surface area contributed by atoms with Crippen LogP contribution in [0.1, 0.15) is 16.7 Å². The molecule has 2 aromatic carbocycles. The number of pyridine rings is 1. The molecule has 1 heterocycles. The fraction of sp³-hybridized carbons (Fsp3) is 0.0476. The summed E-state index contributed by atoms with van der Waals surface area (Å²) < 4.78 is 41.7. The minimum Gasteiger partial charge on any atom is -0.854 e. The second kappa shape index (κ2) is 8.39. The van der Waals surface area contributed by atoms with Gasteiger partial charge in [0.2, 0.25) is 12.4 Å². The van der Waals surface area contributed by atoms with Crippen LogP contribution in [0.15, 0.2) is 84.2 Å². The van der Waals surface area contributed by atoms with Gasteiger partial charge in [-0.2, -0.15) is 0 Å². The van der Waals surface area contributed by atoms with E-state index < -0.39 is 6.36 Å². The van der Waals surface area contributed by atoms with E-state index in [1.807, 2.05) is 6.07 Å². The summed E-state index contributed by atoms with van der Waals surface area (Å²) in [6, 6.07) is 17.7. The van der Waals surface area contributed by atoms with E-state index in [2.05, 4.69) is 9.84 Å². The lowest BCUT2D eigenvalue weighted by Crippen LogP contribution is -2.33. The summed E-state index contributed by atoms with van der Waals surface area (Å²) in [6.45, 7) is 0. The average Bonchev–Trinajstić information content (AvgIpc) is 2.67. The van der Waals surface area contributed by atoms with Gasteiger partial charge in [0.05, 0.1) is 5.90 Å². The van der Waals surface area contributed by atoms with Crippen LogP contribution in [0.2, 0.25) is 0 Å². The molecule has 0 N–H and O–H groups in total. The topological polar surface area (TPSA) is 48.5 Å². The Morgan fingerprint density at radius 1 is 0.857 bits per heavy atom. The van der Waals surface area contributed by atoms with Crippen LogP contribution in [0.25, 0.3) is 12.2 Å². The second-order valence-corrected chi connectivity index (χ2v) is 5.73. The summed E-state index contributed by atoms with van der Waals surface area (Å²) in [6.07, 6.45) is 2.16. The summed E-state index contributed by atoms with van der Waals surface area (Å²) >= 11 is 0. The number of rotatable bonds is 5. The Balaban J connectivity index is 1.66. The van der Waals surface area contributed by atoms with E-state index in [1.165, 1.54) is 28.9 Å². The normalized spacial score (nSPS) is 12.3. The predicted octanol–water partition coefficient (Wildman–Crippen LogP) is 3.61. The summed E-state index contributed by atoms with van der Waals surface area (Å²) in [5, 5.41) is 16.1. The second-order valence-electron chi connectivity index (χ2n) is 5.73.